The molecule has 2 heterocycles. The Hall–Kier alpha value is -2.55. The summed E-state index contributed by atoms with van der Waals surface area (Å²) in [5, 5.41) is 24.1. The fraction of sp³-hybridized carbons (Fsp3) is 0.737. The molecule has 2 saturated heterocycles. The first-order valence-corrected chi connectivity index (χ1v) is 20.5. The van der Waals surface area contributed by atoms with Crippen molar-refractivity contribution in [3.63, 3.8) is 0 Å². The number of carboxylic acids is 1. The summed E-state index contributed by atoms with van der Waals surface area (Å²) in [4.78, 5) is 44.5. The van der Waals surface area contributed by atoms with E-state index in [0.29, 0.717) is 65.3 Å². The van der Waals surface area contributed by atoms with E-state index in [0.717, 1.165) is 56.9 Å². The molecular formula is C38H65LiO19S. The second-order valence-electron chi connectivity index (χ2n) is 13.7. The summed E-state index contributed by atoms with van der Waals surface area (Å²) in [7, 11) is -4.02. The Balaban J connectivity index is -0.000000676. The topological polar surface area (TPSA) is 332 Å². The van der Waals surface area contributed by atoms with Gasteiger partial charge in [-0.15, -0.1) is 0 Å². The van der Waals surface area contributed by atoms with Crippen LogP contribution in [0.4, 0.5) is 0 Å². The number of aliphatic hydroxyl groups excluding tert-OH is 2. The van der Waals surface area contributed by atoms with E-state index in [1.165, 1.54) is 12.1 Å². The third-order valence-corrected chi connectivity index (χ3v) is 10.3. The van der Waals surface area contributed by atoms with Gasteiger partial charge in [0.05, 0.1) is 75.5 Å². The molecule has 21 heteroatoms. The van der Waals surface area contributed by atoms with Gasteiger partial charge in [-0.05, 0) is 71.4 Å². The summed E-state index contributed by atoms with van der Waals surface area (Å²) in [6.07, 6.45) is 9.10. The first-order valence-electron chi connectivity index (χ1n) is 19.0. The number of Topliss-reactive ketones (excluding diaryl/α,β-unsaturated/α-hetero) is 1. The normalized spacial score (nSPS) is 22.0. The van der Waals surface area contributed by atoms with E-state index in [1.54, 1.807) is 19.1 Å². The number of aryl methyl sites for hydroxylation is 1. The summed E-state index contributed by atoms with van der Waals surface area (Å²) in [5.41, 5.74) is 0.956. The van der Waals surface area contributed by atoms with Gasteiger partial charge < -0.3 is 60.2 Å². The van der Waals surface area contributed by atoms with Crippen molar-refractivity contribution in [3.8, 4) is 0 Å². The van der Waals surface area contributed by atoms with Crippen molar-refractivity contribution < 1.29 is 111 Å². The van der Waals surface area contributed by atoms with Gasteiger partial charge in [-0.2, -0.15) is 8.42 Å². The van der Waals surface area contributed by atoms with E-state index in [9.17, 15) is 27.6 Å². The van der Waals surface area contributed by atoms with Crippen molar-refractivity contribution in [3.05, 3.63) is 29.8 Å². The van der Waals surface area contributed by atoms with Crippen molar-refractivity contribution in [2.24, 2.45) is 17.8 Å². The molecule has 3 saturated carbocycles. The molecule has 338 valence electrons. The largest absolute Gasteiger partial charge is 1.00 e. The number of ketones is 1. The van der Waals surface area contributed by atoms with Crippen molar-refractivity contribution in [1.82, 2.24) is 0 Å². The molecule has 3 atom stereocenters. The molecule has 5 fully saturated rings. The molecule has 1 aromatic carbocycles. The monoisotopic (exact) mass is 864 g/mol. The van der Waals surface area contributed by atoms with Gasteiger partial charge in [0, 0.05) is 38.5 Å². The summed E-state index contributed by atoms with van der Waals surface area (Å²) < 4.78 is 61.6. The van der Waals surface area contributed by atoms with Crippen LogP contribution in [-0.4, -0.2) is 133 Å². The van der Waals surface area contributed by atoms with Crippen LogP contribution in [0.2, 0.25) is 0 Å². The molecule has 0 aromatic heterocycles. The third kappa shape index (κ3) is 22.2. The van der Waals surface area contributed by atoms with Crippen LogP contribution in [0.3, 0.4) is 0 Å². The van der Waals surface area contributed by atoms with Crippen molar-refractivity contribution in [2.75, 3.05) is 52.9 Å². The Kier molecular flexibility index (Phi) is 32.2. The van der Waals surface area contributed by atoms with Gasteiger partial charge in [0.1, 0.15) is 5.78 Å². The standard InChI is InChI=1S/C11H18O4.C9H14O4.C9H14O3.C7H8O3S.C2H6O2.Li.3H2O/c1-2-13-10(12)9-4-3-5-11(8-9)14-6-7-15-11;10-8(11)7-2-1-3-9(6-7)12-4-5-13-9;1-2-12-9(11)7-4-3-5-8(10)6-7;1-6-2-4-7(5-3-6)11(8,9)10;3-1-2-4;;;;/h9H,2-8H2,1H3;7H,1-6H2,(H,10,11);7H,2-6H2,1H3;2-5H,1H3,(H,8,9,10);3-4H,1-2H2;;3*1H2/q;;;;;+1;;;/p-1. The van der Waals surface area contributed by atoms with E-state index >= 15 is 0 Å². The van der Waals surface area contributed by atoms with Crippen LogP contribution in [0.25, 0.3) is 0 Å². The molecule has 2 spiro atoms. The van der Waals surface area contributed by atoms with Crippen molar-refractivity contribution in [1.29, 1.82) is 0 Å². The zero-order valence-electron chi connectivity index (χ0n) is 34.7. The van der Waals surface area contributed by atoms with Gasteiger partial charge in [-0.25, -0.2) is 0 Å². The van der Waals surface area contributed by atoms with Crippen LogP contribution >= 0.6 is 0 Å². The molecule has 0 radical (unpaired) electrons. The average molecular weight is 865 g/mol. The van der Waals surface area contributed by atoms with Crippen LogP contribution < -0.4 is 18.9 Å². The van der Waals surface area contributed by atoms with E-state index in [1.807, 2.05) is 13.8 Å². The molecule has 3 unspecified atom stereocenters. The van der Waals surface area contributed by atoms with E-state index in [-0.39, 0.29) is 88.9 Å². The second-order valence-corrected chi connectivity index (χ2v) is 15.1. The van der Waals surface area contributed by atoms with Gasteiger partial charge in [-0.1, -0.05) is 17.7 Å². The molecule has 1 aromatic rings. The molecule has 0 bridgehead atoms. The van der Waals surface area contributed by atoms with E-state index in [2.05, 4.69) is 0 Å². The van der Waals surface area contributed by atoms with Gasteiger partial charge in [-0.3, -0.25) is 23.7 Å². The maximum atomic E-state index is 11.6. The number of rotatable bonds is 7. The smallest absolute Gasteiger partial charge is 0.870 e. The Morgan fingerprint density at radius 2 is 1.15 bits per heavy atom. The minimum Gasteiger partial charge on any atom is -0.870 e. The van der Waals surface area contributed by atoms with Crippen LogP contribution in [0.5, 0.6) is 0 Å². The number of hydrogen-bond acceptors (Lipinski definition) is 15. The van der Waals surface area contributed by atoms with Crippen LogP contribution in [-0.2, 0) is 57.7 Å². The molecule has 9 N–H and O–H groups in total. The summed E-state index contributed by atoms with van der Waals surface area (Å²) in [5.74, 6) is -2.36. The molecule has 59 heavy (non-hydrogen) atoms. The summed E-state index contributed by atoms with van der Waals surface area (Å²) >= 11 is 0. The number of carbonyl (C=O) groups excluding carboxylic acids is 3. The maximum absolute atomic E-state index is 11.6. The zero-order valence-corrected chi connectivity index (χ0v) is 35.5. The first-order chi connectivity index (χ1) is 26.1. The predicted molar refractivity (Wildman–Crippen MR) is 205 cm³/mol. The quantitative estimate of drug-likeness (QED) is 0.148. The fourth-order valence-corrected chi connectivity index (χ4v) is 7.26. The van der Waals surface area contributed by atoms with Gasteiger partial charge in [0.15, 0.2) is 11.6 Å². The molecule has 5 aliphatic rings. The number of ether oxygens (including phenoxy) is 6. The van der Waals surface area contributed by atoms with Crippen molar-refractivity contribution in [2.45, 2.75) is 114 Å². The maximum Gasteiger partial charge on any atom is 1.00 e. The Morgan fingerprint density at radius 1 is 0.746 bits per heavy atom. The molecule has 3 aliphatic carbocycles. The van der Waals surface area contributed by atoms with Crippen LogP contribution in [0.1, 0.15) is 96.5 Å². The van der Waals surface area contributed by atoms with Crippen LogP contribution in [0.15, 0.2) is 29.2 Å². The SMILES string of the molecule is CCOC(=O)C1CCCC(=O)C1.CCOC(=O)C1CCCC2(C1)OCCO2.Cc1ccc(S(=O)(=O)O)cc1.O.O.O=C(O)C1CCCC2(C1)OCCO2.OCCO.[Li+].[OH-]. The number of benzene rings is 1. The number of carboxylic acid groups (broad SMARTS) is 1. The molecule has 0 amide bonds. The zero-order chi connectivity index (χ0) is 40.9. The Morgan fingerprint density at radius 3 is 1.54 bits per heavy atom. The minimum atomic E-state index is -4.02. The fourth-order valence-electron chi connectivity index (χ4n) is 6.78. The van der Waals surface area contributed by atoms with Gasteiger partial charge >= 0.3 is 36.8 Å². The second kappa shape index (κ2) is 31.3. The number of aliphatic carboxylic acids is 1. The predicted octanol–water partition coefficient (Wildman–Crippen LogP) is -0.814. The number of aliphatic hydroxyl groups is 2. The van der Waals surface area contributed by atoms with Crippen molar-refractivity contribution >= 4 is 33.8 Å². The van der Waals surface area contributed by atoms with Crippen LogP contribution in [0, 0.1) is 24.7 Å². The molecule has 19 nitrogen and oxygen atoms in total. The van der Waals surface area contributed by atoms with Gasteiger partial charge in [0.2, 0.25) is 0 Å². The molecule has 6 rings (SSSR count). The van der Waals surface area contributed by atoms with E-state index < -0.39 is 27.7 Å². The summed E-state index contributed by atoms with van der Waals surface area (Å²) in [6.45, 7) is 8.56. The molecular weight excluding hydrogens is 799 g/mol. The molecule has 2 aliphatic heterocycles. The van der Waals surface area contributed by atoms with Gasteiger partial charge in [0.25, 0.3) is 10.1 Å². The minimum absolute atomic E-state index is 0. The Bertz CT molecular complexity index is 1430. The average Bonchev–Trinajstić information content (AvgIpc) is 3.81. The number of hydrogen-bond donors (Lipinski definition) is 4. The number of esters is 2. The number of carbonyl (C=O) groups is 4. The summed E-state index contributed by atoms with van der Waals surface area (Å²) in [6, 6.07) is 5.99. The third-order valence-electron chi connectivity index (χ3n) is 9.45. The Labute approximate surface area is 358 Å². The first kappa shape index (κ1) is 60.8. The van der Waals surface area contributed by atoms with E-state index in [4.69, 9.17) is 48.3 Å².